The number of hydrogen-bond acceptors (Lipinski definition) is 4. The summed E-state index contributed by atoms with van der Waals surface area (Å²) < 4.78 is 23.7. The number of nitrogens with one attached hydrogen (secondary N) is 1. The molecule has 2 aliphatic rings. The van der Waals surface area contributed by atoms with E-state index in [2.05, 4.69) is 5.32 Å². The highest BCUT2D eigenvalue weighted by atomic mass is 127. The molecule has 0 spiro atoms. The van der Waals surface area contributed by atoms with Crippen LogP contribution in [0.5, 0.6) is 0 Å². The number of halogens is 1. The molecular weight excluding hydrogens is 479 g/mol. The summed E-state index contributed by atoms with van der Waals surface area (Å²) in [6.07, 6.45) is 3.85. The van der Waals surface area contributed by atoms with Crippen LogP contribution in [0.4, 0.5) is 0 Å². The second-order valence-corrected chi connectivity index (χ2v) is 11.1. The first kappa shape index (κ1) is 24.5. The van der Waals surface area contributed by atoms with E-state index >= 15 is 0 Å². The highest BCUT2D eigenvalue weighted by Crippen LogP contribution is 2.40. The Bertz CT molecular complexity index is 656. The molecule has 158 valence electrons. The van der Waals surface area contributed by atoms with Gasteiger partial charge in [0.1, 0.15) is 0 Å². The van der Waals surface area contributed by atoms with Crippen molar-refractivity contribution in [3.8, 4) is 0 Å². The van der Waals surface area contributed by atoms with Crippen molar-refractivity contribution in [3.63, 3.8) is 0 Å². The smallest absolute Gasteiger partial charge is 0.230 e. The number of guanidine groups is 1. The van der Waals surface area contributed by atoms with E-state index in [0.29, 0.717) is 32.1 Å². The summed E-state index contributed by atoms with van der Waals surface area (Å²) in [7, 11) is 0.507. The maximum absolute atomic E-state index is 12.7. The lowest BCUT2D eigenvalue weighted by Gasteiger charge is -2.39. The molecule has 1 heterocycles. The molecule has 9 heteroatoms. The summed E-state index contributed by atoms with van der Waals surface area (Å²) >= 11 is 0. The van der Waals surface area contributed by atoms with Crippen LogP contribution in [0.15, 0.2) is 4.99 Å². The van der Waals surface area contributed by atoms with Crippen molar-refractivity contribution < 1.29 is 13.2 Å². The van der Waals surface area contributed by atoms with E-state index in [-0.39, 0.29) is 35.6 Å². The first-order valence-electron chi connectivity index (χ1n) is 9.52. The van der Waals surface area contributed by atoms with Gasteiger partial charge in [-0.15, -0.1) is 24.0 Å². The topological polar surface area (TPSA) is 82.1 Å². The maximum Gasteiger partial charge on any atom is 0.230 e. The predicted octanol–water partition coefficient (Wildman–Crippen LogP) is 1.73. The van der Waals surface area contributed by atoms with Gasteiger partial charge in [0.25, 0.3) is 0 Å². The maximum atomic E-state index is 12.7. The Morgan fingerprint density at radius 3 is 2.30 bits per heavy atom. The zero-order valence-corrected chi connectivity index (χ0v) is 20.4. The number of rotatable bonds is 4. The molecule has 2 fully saturated rings. The Hall–Kier alpha value is -0.580. The van der Waals surface area contributed by atoms with Crippen molar-refractivity contribution in [2.45, 2.75) is 51.2 Å². The summed E-state index contributed by atoms with van der Waals surface area (Å²) in [6.45, 7) is 7.55. The molecule has 1 amide bonds. The number of carbonyl (C=O) groups excluding carboxylic acids is 1. The van der Waals surface area contributed by atoms with E-state index in [0.717, 1.165) is 25.7 Å². The first-order chi connectivity index (χ1) is 12.0. The fraction of sp³-hybridized carbons (Fsp3) is 0.889. The second-order valence-electron chi connectivity index (χ2n) is 8.36. The summed E-state index contributed by atoms with van der Waals surface area (Å²) in [5, 5.41) is 3.28. The minimum Gasteiger partial charge on any atom is -0.357 e. The van der Waals surface area contributed by atoms with Crippen LogP contribution in [0.2, 0.25) is 0 Å². The average Bonchev–Trinajstić information content (AvgIpc) is 3.03. The van der Waals surface area contributed by atoms with Crippen molar-refractivity contribution in [1.82, 2.24) is 15.1 Å². The predicted molar refractivity (Wildman–Crippen MR) is 120 cm³/mol. The minimum atomic E-state index is -3.09. The summed E-state index contributed by atoms with van der Waals surface area (Å²) in [5.74, 6) is 0.996. The minimum absolute atomic E-state index is 0. The van der Waals surface area contributed by atoms with E-state index in [4.69, 9.17) is 4.99 Å². The SMILES string of the molecule is CCNC(=NCC1(C(=O)N(C)C)CCCC1)N1CCS(=O)(=O)C(C)(C)C1.I. The zero-order valence-electron chi connectivity index (χ0n) is 17.2. The lowest BCUT2D eigenvalue weighted by atomic mass is 9.85. The van der Waals surface area contributed by atoms with Gasteiger partial charge >= 0.3 is 0 Å². The number of sulfone groups is 1. The largest absolute Gasteiger partial charge is 0.357 e. The van der Waals surface area contributed by atoms with Gasteiger partial charge < -0.3 is 15.1 Å². The van der Waals surface area contributed by atoms with E-state index in [9.17, 15) is 13.2 Å². The molecule has 1 saturated heterocycles. The lowest BCUT2D eigenvalue weighted by Crippen LogP contribution is -2.57. The molecule has 0 aromatic carbocycles. The molecule has 0 aromatic heterocycles. The van der Waals surface area contributed by atoms with Gasteiger partial charge in [-0.3, -0.25) is 9.79 Å². The lowest BCUT2D eigenvalue weighted by molar-refractivity contribution is -0.138. The molecule has 0 atom stereocenters. The van der Waals surface area contributed by atoms with Crippen molar-refractivity contribution >= 4 is 45.7 Å². The standard InChI is InChI=1S/C18H34N4O3S.HI/c1-6-19-16(22-11-12-26(24,25)17(2,3)14-22)20-13-18(9-7-8-10-18)15(23)21(4)5;/h6-14H2,1-5H3,(H,19,20);1H. The normalized spacial score (nSPS) is 23.4. The van der Waals surface area contributed by atoms with Gasteiger partial charge in [-0.1, -0.05) is 12.8 Å². The molecule has 1 saturated carbocycles. The van der Waals surface area contributed by atoms with Gasteiger partial charge in [0.05, 0.1) is 22.5 Å². The number of amides is 1. The molecule has 27 heavy (non-hydrogen) atoms. The number of aliphatic imine (C=N–C) groups is 1. The van der Waals surface area contributed by atoms with Gasteiger partial charge in [-0.2, -0.15) is 0 Å². The van der Waals surface area contributed by atoms with Crippen LogP contribution in [0.25, 0.3) is 0 Å². The van der Waals surface area contributed by atoms with Gasteiger partial charge in [0.15, 0.2) is 15.8 Å². The number of nitrogens with zero attached hydrogens (tertiary/aromatic N) is 3. The van der Waals surface area contributed by atoms with Crippen LogP contribution in [-0.4, -0.2) is 80.9 Å². The quantitative estimate of drug-likeness (QED) is 0.351. The van der Waals surface area contributed by atoms with E-state index < -0.39 is 20.0 Å². The number of hydrogen-bond donors (Lipinski definition) is 1. The molecule has 0 unspecified atom stereocenters. The molecule has 0 bridgehead atoms. The second kappa shape index (κ2) is 9.28. The molecule has 0 aromatic rings. The van der Waals surface area contributed by atoms with Gasteiger partial charge in [0, 0.05) is 33.7 Å². The Morgan fingerprint density at radius 2 is 1.81 bits per heavy atom. The molecular formula is C18H35IN4O3S. The molecule has 2 rings (SSSR count). The summed E-state index contributed by atoms with van der Waals surface area (Å²) in [6, 6.07) is 0. The van der Waals surface area contributed by atoms with Gasteiger partial charge in [-0.25, -0.2) is 8.42 Å². The summed E-state index contributed by atoms with van der Waals surface area (Å²) in [4.78, 5) is 21.2. The fourth-order valence-electron chi connectivity index (χ4n) is 3.94. The third-order valence-corrected chi connectivity index (χ3v) is 8.16. The van der Waals surface area contributed by atoms with Crippen LogP contribution in [0.3, 0.4) is 0 Å². The van der Waals surface area contributed by atoms with E-state index in [1.807, 2.05) is 11.8 Å². The van der Waals surface area contributed by atoms with Crippen LogP contribution in [0.1, 0.15) is 46.5 Å². The van der Waals surface area contributed by atoms with Crippen molar-refractivity contribution in [1.29, 1.82) is 0 Å². The van der Waals surface area contributed by atoms with Crippen LogP contribution < -0.4 is 5.32 Å². The van der Waals surface area contributed by atoms with E-state index in [1.54, 1.807) is 32.8 Å². The molecule has 1 N–H and O–H groups in total. The van der Waals surface area contributed by atoms with Gasteiger partial charge in [-0.05, 0) is 33.6 Å². The molecule has 1 aliphatic heterocycles. The monoisotopic (exact) mass is 514 g/mol. The Labute approximate surface area is 181 Å². The number of carbonyl (C=O) groups is 1. The van der Waals surface area contributed by atoms with Crippen LogP contribution in [0, 0.1) is 5.41 Å². The van der Waals surface area contributed by atoms with Crippen LogP contribution in [-0.2, 0) is 14.6 Å². The van der Waals surface area contributed by atoms with Gasteiger partial charge in [0.2, 0.25) is 5.91 Å². The fourth-order valence-corrected chi connectivity index (χ4v) is 5.31. The van der Waals surface area contributed by atoms with Crippen molar-refractivity contribution in [3.05, 3.63) is 0 Å². The highest BCUT2D eigenvalue weighted by molar-refractivity contribution is 14.0. The molecule has 7 nitrogen and oxygen atoms in total. The van der Waals surface area contributed by atoms with Crippen molar-refractivity contribution in [2.24, 2.45) is 10.4 Å². The first-order valence-corrected chi connectivity index (χ1v) is 11.2. The van der Waals surface area contributed by atoms with Crippen LogP contribution >= 0.6 is 24.0 Å². The molecule has 0 radical (unpaired) electrons. The Morgan fingerprint density at radius 1 is 1.22 bits per heavy atom. The Balaban J connectivity index is 0.00000364. The zero-order chi connectivity index (χ0) is 19.6. The third kappa shape index (κ3) is 5.27. The van der Waals surface area contributed by atoms with Crippen molar-refractivity contribution in [2.75, 3.05) is 46.0 Å². The Kier molecular flexibility index (Phi) is 8.40. The third-order valence-electron chi connectivity index (χ3n) is 5.63. The highest BCUT2D eigenvalue weighted by Gasteiger charge is 2.43. The summed E-state index contributed by atoms with van der Waals surface area (Å²) in [5.41, 5.74) is -0.415. The van der Waals surface area contributed by atoms with E-state index in [1.165, 1.54) is 0 Å². The average molecular weight is 514 g/mol. The molecule has 1 aliphatic carbocycles.